The van der Waals surface area contributed by atoms with Crippen LogP contribution < -0.4 is 19.5 Å². The number of carbonyl (C=O) groups is 1. The van der Waals surface area contributed by atoms with Crippen molar-refractivity contribution in [1.29, 1.82) is 0 Å². The zero-order chi connectivity index (χ0) is 20.3. The maximum atomic E-state index is 13.3. The molecule has 0 radical (unpaired) electrons. The van der Waals surface area contributed by atoms with Crippen LogP contribution in [0.4, 0.5) is 10.1 Å². The monoisotopic (exact) mass is 422 g/mol. The Kier molecular flexibility index (Phi) is 6.11. The van der Waals surface area contributed by atoms with Crippen LogP contribution in [0.2, 0.25) is 5.02 Å². The summed E-state index contributed by atoms with van der Waals surface area (Å²) in [6, 6.07) is 7.54. The molecule has 0 atom stereocenters. The smallest absolute Gasteiger partial charge is 0.264 e. The molecule has 0 bridgehead atoms. The molecule has 1 fully saturated rings. The van der Waals surface area contributed by atoms with E-state index in [-0.39, 0.29) is 10.9 Å². The van der Waals surface area contributed by atoms with Gasteiger partial charge in [-0.05, 0) is 53.7 Å². The Hall–Kier alpha value is -2.71. The van der Waals surface area contributed by atoms with Crippen molar-refractivity contribution in [3.05, 3.63) is 51.6 Å². The summed E-state index contributed by atoms with van der Waals surface area (Å²) in [6.45, 7) is 0. The molecular formula is C19H16ClFN2O4S. The van der Waals surface area contributed by atoms with Gasteiger partial charge in [0, 0.05) is 0 Å². The topological polar surface area (TPSA) is 69.2 Å². The molecular weight excluding hydrogens is 407 g/mol. The second-order valence-corrected chi connectivity index (χ2v) is 6.98. The van der Waals surface area contributed by atoms with Gasteiger partial charge < -0.3 is 19.5 Å². The number of hydrogen-bond donors (Lipinski definition) is 1. The van der Waals surface area contributed by atoms with Crippen LogP contribution in [0.15, 0.2) is 40.2 Å². The molecule has 0 aliphatic carbocycles. The van der Waals surface area contributed by atoms with E-state index in [1.807, 2.05) is 0 Å². The summed E-state index contributed by atoms with van der Waals surface area (Å²) < 4.78 is 29.2. The van der Waals surface area contributed by atoms with Gasteiger partial charge in [0.15, 0.2) is 16.7 Å². The predicted octanol–water partition coefficient (Wildman–Crippen LogP) is 4.40. The molecule has 6 nitrogen and oxygen atoms in total. The third-order valence-electron chi connectivity index (χ3n) is 3.77. The van der Waals surface area contributed by atoms with Crippen LogP contribution in [0, 0.1) is 5.82 Å². The zero-order valence-corrected chi connectivity index (χ0v) is 16.8. The molecule has 1 amide bonds. The normalized spacial score (nSPS) is 16.4. The van der Waals surface area contributed by atoms with Crippen molar-refractivity contribution >= 4 is 46.2 Å². The van der Waals surface area contributed by atoms with E-state index in [9.17, 15) is 9.18 Å². The maximum absolute atomic E-state index is 13.3. The van der Waals surface area contributed by atoms with Gasteiger partial charge in [0.1, 0.15) is 5.82 Å². The quantitative estimate of drug-likeness (QED) is 0.723. The number of methoxy groups -OCH3 is 3. The first-order chi connectivity index (χ1) is 13.4. The number of nitrogens with zero attached hydrogens (tertiary/aromatic N) is 1. The van der Waals surface area contributed by atoms with Crippen molar-refractivity contribution < 1.29 is 23.4 Å². The van der Waals surface area contributed by atoms with E-state index in [0.29, 0.717) is 38.6 Å². The highest BCUT2D eigenvalue weighted by Crippen LogP contribution is 2.39. The van der Waals surface area contributed by atoms with Crippen LogP contribution in [0.5, 0.6) is 17.2 Å². The number of carbonyl (C=O) groups excluding carboxylic acids is 1. The molecule has 1 aliphatic heterocycles. The number of benzene rings is 2. The molecule has 0 spiro atoms. The first-order valence-electron chi connectivity index (χ1n) is 7.99. The molecule has 1 saturated heterocycles. The summed E-state index contributed by atoms with van der Waals surface area (Å²) in [6.07, 6.45) is 1.69. The van der Waals surface area contributed by atoms with Crippen molar-refractivity contribution in [2.45, 2.75) is 0 Å². The number of amides is 1. The van der Waals surface area contributed by atoms with Gasteiger partial charge in [0.25, 0.3) is 5.91 Å². The standard InChI is InChI=1S/C19H16ClFN2O4S/c1-25-14-6-10(7-15(26-2)17(14)27-3)8-16-18(24)23-19(28-16)22-11-4-5-13(21)12(20)9-11/h4-9H,1-3H3,(H,22,23,24)/b16-8+. The summed E-state index contributed by atoms with van der Waals surface area (Å²) in [7, 11) is 4.55. The lowest BCUT2D eigenvalue weighted by Gasteiger charge is -2.12. The van der Waals surface area contributed by atoms with E-state index in [2.05, 4.69) is 10.3 Å². The van der Waals surface area contributed by atoms with Gasteiger partial charge in [-0.1, -0.05) is 11.6 Å². The summed E-state index contributed by atoms with van der Waals surface area (Å²) in [4.78, 5) is 17.0. The van der Waals surface area contributed by atoms with E-state index >= 15 is 0 Å². The Morgan fingerprint density at radius 3 is 2.36 bits per heavy atom. The fourth-order valence-corrected chi connectivity index (χ4v) is 3.51. The van der Waals surface area contributed by atoms with Crippen molar-refractivity contribution in [2.24, 2.45) is 4.99 Å². The first kappa shape index (κ1) is 20.0. The largest absolute Gasteiger partial charge is 0.493 e. The van der Waals surface area contributed by atoms with E-state index in [1.54, 1.807) is 18.2 Å². The Morgan fingerprint density at radius 1 is 1.11 bits per heavy atom. The minimum absolute atomic E-state index is 0.0376. The molecule has 0 saturated carbocycles. The number of ether oxygens (including phenoxy) is 3. The summed E-state index contributed by atoms with van der Waals surface area (Å²) in [5.41, 5.74) is 1.13. The van der Waals surface area contributed by atoms with Crippen molar-refractivity contribution in [3.8, 4) is 17.2 Å². The molecule has 0 unspecified atom stereocenters. The van der Waals surface area contributed by atoms with Crippen LogP contribution in [-0.2, 0) is 4.79 Å². The fraction of sp³-hybridized carbons (Fsp3) is 0.158. The molecule has 1 heterocycles. The van der Waals surface area contributed by atoms with Gasteiger partial charge in [0.05, 0.1) is 36.9 Å². The van der Waals surface area contributed by atoms with Crippen LogP contribution in [0.3, 0.4) is 0 Å². The minimum Gasteiger partial charge on any atom is -0.493 e. The second kappa shape index (κ2) is 8.53. The molecule has 1 N–H and O–H groups in total. The molecule has 0 aromatic heterocycles. The number of amidine groups is 1. The Bertz CT molecular complexity index is 969. The minimum atomic E-state index is -0.531. The van der Waals surface area contributed by atoms with Gasteiger partial charge in [0.2, 0.25) is 5.75 Å². The van der Waals surface area contributed by atoms with Crippen LogP contribution in [0.25, 0.3) is 6.08 Å². The highest BCUT2D eigenvalue weighted by Gasteiger charge is 2.24. The predicted molar refractivity (Wildman–Crippen MR) is 108 cm³/mol. The number of halogens is 2. The number of thioether (sulfide) groups is 1. The third kappa shape index (κ3) is 4.23. The second-order valence-electron chi connectivity index (χ2n) is 5.54. The van der Waals surface area contributed by atoms with E-state index in [0.717, 1.165) is 11.8 Å². The number of hydrogen-bond acceptors (Lipinski definition) is 6. The molecule has 1 aliphatic rings. The van der Waals surface area contributed by atoms with E-state index in [4.69, 9.17) is 25.8 Å². The van der Waals surface area contributed by atoms with E-state index in [1.165, 1.54) is 39.5 Å². The first-order valence-corrected chi connectivity index (χ1v) is 9.19. The zero-order valence-electron chi connectivity index (χ0n) is 15.2. The van der Waals surface area contributed by atoms with Crippen LogP contribution in [0.1, 0.15) is 5.56 Å². The summed E-state index contributed by atoms with van der Waals surface area (Å²) in [5.74, 6) is 0.590. The number of nitrogens with one attached hydrogen (secondary N) is 1. The van der Waals surface area contributed by atoms with Gasteiger partial charge >= 0.3 is 0 Å². The Labute approximate surface area is 170 Å². The van der Waals surface area contributed by atoms with Crippen molar-refractivity contribution in [1.82, 2.24) is 5.32 Å². The maximum Gasteiger partial charge on any atom is 0.264 e. The summed E-state index contributed by atoms with van der Waals surface area (Å²) >= 11 is 6.92. The van der Waals surface area contributed by atoms with E-state index < -0.39 is 5.82 Å². The molecule has 2 aromatic carbocycles. The fourth-order valence-electron chi connectivity index (χ4n) is 2.49. The molecule has 3 rings (SSSR count). The van der Waals surface area contributed by atoms with Gasteiger partial charge in [-0.2, -0.15) is 0 Å². The highest BCUT2D eigenvalue weighted by atomic mass is 35.5. The van der Waals surface area contributed by atoms with Crippen LogP contribution in [-0.4, -0.2) is 32.4 Å². The lowest BCUT2D eigenvalue weighted by molar-refractivity contribution is -0.115. The van der Waals surface area contributed by atoms with Gasteiger partial charge in [-0.3, -0.25) is 4.79 Å². The number of aliphatic imine (C=N–C) groups is 1. The Morgan fingerprint density at radius 2 is 1.79 bits per heavy atom. The molecule has 146 valence electrons. The van der Waals surface area contributed by atoms with Crippen LogP contribution >= 0.6 is 23.4 Å². The molecule has 9 heteroatoms. The van der Waals surface area contributed by atoms with Crippen molar-refractivity contribution in [2.75, 3.05) is 21.3 Å². The highest BCUT2D eigenvalue weighted by molar-refractivity contribution is 8.18. The average molecular weight is 423 g/mol. The number of rotatable bonds is 5. The lowest BCUT2D eigenvalue weighted by Crippen LogP contribution is -2.19. The molecule has 28 heavy (non-hydrogen) atoms. The SMILES string of the molecule is COc1cc(/C=C2/SC(=Nc3ccc(F)c(Cl)c3)NC2=O)cc(OC)c1OC. The van der Waals surface area contributed by atoms with Gasteiger partial charge in [-0.15, -0.1) is 0 Å². The van der Waals surface area contributed by atoms with Gasteiger partial charge in [-0.25, -0.2) is 9.38 Å². The van der Waals surface area contributed by atoms with Crippen molar-refractivity contribution in [3.63, 3.8) is 0 Å². The average Bonchev–Trinajstić information content (AvgIpc) is 3.02. The lowest BCUT2D eigenvalue weighted by atomic mass is 10.1. The third-order valence-corrected chi connectivity index (χ3v) is 4.97. The molecule has 2 aromatic rings. The summed E-state index contributed by atoms with van der Waals surface area (Å²) in [5, 5.41) is 3.00. The Balaban J connectivity index is 1.90.